The van der Waals surface area contributed by atoms with Crippen LogP contribution in [0.1, 0.15) is 28.8 Å². The Balaban J connectivity index is 1.41. The number of thiazole rings is 1. The van der Waals surface area contributed by atoms with Crippen molar-refractivity contribution in [1.29, 1.82) is 0 Å². The van der Waals surface area contributed by atoms with Crippen molar-refractivity contribution in [3.63, 3.8) is 0 Å². The number of sulfonamides is 1. The van der Waals surface area contributed by atoms with Crippen LogP contribution in [0.4, 0.5) is 10.8 Å². The average Bonchev–Trinajstić information content (AvgIpc) is 3.53. The number of carbonyl (C=O) groups excluding carboxylic acids is 1. The SMILES string of the molecule is Cc1cccc2sc(N(CC3CCCO3)C(=O)c3ccc(NS(=O)(=O)c4ccccc4)cc3)nc12. The molecule has 35 heavy (non-hydrogen) atoms. The summed E-state index contributed by atoms with van der Waals surface area (Å²) in [6, 6.07) is 20.6. The molecule has 1 aromatic heterocycles. The molecule has 0 bridgehead atoms. The zero-order valence-electron chi connectivity index (χ0n) is 19.2. The minimum Gasteiger partial charge on any atom is -0.376 e. The number of amides is 1. The summed E-state index contributed by atoms with van der Waals surface area (Å²) in [5.74, 6) is -0.199. The van der Waals surface area contributed by atoms with Crippen molar-refractivity contribution in [2.24, 2.45) is 0 Å². The molecule has 1 N–H and O–H groups in total. The van der Waals surface area contributed by atoms with Gasteiger partial charge in [0.25, 0.3) is 15.9 Å². The minimum absolute atomic E-state index is 0.0379. The number of aryl methyl sites for hydroxylation is 1. The number of hydrogen-bond acceptors (Lipinski definition) is 6. The number of carbonyl (C=O) groups is 1. The molecular formula is C26H25N3O4S2. The Morgan fingerprint density at radius 1 is 1.09 bits per heavy atom. The van der Waals surface area contributed by atoms with Crippen LogP contribution in [0.2, 0.25) is 0 Å². The predicted octanol–water partition coefficient (Wildman–Crippen LogP) is 5.23. The second-order valence-electron chi connectivity index (χ2n) is 8.46. The van der Waals surface area contributed by atoms with Gasteiger partial charge in [-0.3, -0.25) is 14.4 Å². The van der Waals surface area contributed by atoms with Crippen LogP contribution in [-0.4, -0.2) is 38.6 Å². The van der Waals surface area contributed by atoms with Crippen LogP contribution in [-0.2, 0) is 14.8 Å². The van der Waals surface area contributed by atoms with Crippen molar-refractivity contribution in [1.82, 2.24) is 4.98 Å². The first-order chi connectivity index (χ1) is 16.9. The van der Waals surface area contributed by atoms with Crippen molar-refractivity contribution in [2.45, 2.75) is 30.8 Å². The Kier molecular flexibility index (Phi) is 6.55. The van der Waals surface area contributed by atoms with Crippen LogP contribution in [0.15, 0.2) is 77.7 Å². The number of nitrogens with zero attached hydrogens (tertiary/aromatic N) is 2. The lowest BCUT2D eigenvalue weighted by atomic mass is 10.1. The van der Waals surface area contributed by atoms with Crippen molar-refractivity contribution in [3.8, 4) is 0 Å². The largest absolute Gasteiger partial charge is 0.376 e. The molecule has 0 radical (unpaired) electrons. The zero-order valence-corrected chi connectivity index (χ0v) is 20.8. The van der Waals surface area contributed by atoms with E-state index in [1.165, 1.54) is 23.5 Å². The monoisotopic (exact) mass is 507 g/mol. The molecule has 0 saturated carbocycles. The molecule has 1 unspecified atom stereocenters. The molecule has 1 aliphatic rings. The van der Waals surface area contributed by atoms with Crippen molar-refractivity contribution in [2.75, 3.05) is 22.8 Å². The van der Waals surface area contributed by atoms with E-state index >= 15 is 0 Å². The van der Waals surface area contributed by atoms with Gasteiger partial charge < -0.3 is 4.74 Å². The molecule has 0 aliphatic carbocycles. The molecule has 3 aromatic carbocycles. The van der Waals surface area contributed by atoms with Gasteiger partial charge in [0.2, 0.25) is 0 Å². The fraction of sp³-hybridized carbons (Fsp3) is 0.231. The molecule has 7 nitrogen and oxygen atoms in total. The molecule has 4 aromatic rings. The van der Waals surface area contributed by atoms with Crippen LogP contribution in [0.3, 0.4) is 0 Å². The summed E-state index contributed by atoms with van der Waals surface area (Å²) >= 11 is 1.48. The lowest BCUT2D eigenvalue weighted by Crippen LogP contribution is -2.37. The second kappa shape index (κ2) is 9.77. The van der Waals surface area contributed by atoms with Gasteiger partial charge in [-0.1, -0.05) is 41.7 Å². The quantitative estimate of drug-likeness (QED) is 0.370. The topological polar surface area (TPSA) is 88.6 Å². The minimum atomic E-state index is -3.71. The first kappa shape index (κ1) is 23.5. The first-order valence-corrected chi connectivity index (χ1v) is 13.7. The number of nitrogens with one attached hydrogen (secondary N) is 1. The maximum absolute atomic E-state index is 13.6. The number of ether oxygens (including phenoxy) is 1. The van der Waals surface area contributed by atoms with Gasteiger partial charge in [-0.25, -0.2) is 13.4 Å². The van der Waals surface area contributed by atoms with Gasteiger partial charge in [0.15, 0.2) is 5.13 Å². The Morgan fingerprint density at radius 3 is 2.54 bits per heavy atom. The summed E-state index contributed by atoms with van der Waals surface area (Å²) in [6.07, 6.45) is 1.83. The van der Waals surface area contributed by atoms with E-state index in [1.54, 1.807) is 47.4 Å². The van der Waals surface area contributed by atoms with Gasteiger partial charge in [-0.15, -0.1) is 0 Å². The van der Waals surface area contributed by atoms with Gasteiger partial charge in [-0.05, 0) is 67.8 Å². The van der Waals surface area contributed by atoms with Gasteiger partial charge in [0, 0.05) is 17.9 Å². The second-order valence-corrected chi connectivity index (χ2v) is 11.2. The lowest BCUT2D eigenvalue weighted by molar-refractivity contribution is 0.0917. The Morgan fingerprint density at radius 2 is 1.86 bits per heavy atom. The number of benzene rings is 3. The van der Waals surface area contributed by atoms with E-state index in [4.69, 9.17) is 9.72 Å². The molecule has 0 spiro atoms. The fourth-order valence-corrected chi connectivity index (χ4v) is 6.21. The number of rotatable bonds is 7. The van der Waals surface area contributed by atoms with Crippen LogP contribution in [0, 0.1) is 6.92 Å². The molecule has 180 valence electrons. The van der Waals surface area contributed by atoms with E-state index < -0.39 is 10.0 Å². The highest BCUT2D eigenvalue weighted by Crippen LogP contribution is 2.32. The Labute approximate surface area is 208 Å². The molecule has 1 aliphatic heterocycles. The van der Waals surface area contributed by atoms with Crippen LogP contribution in [0.25, 0.3) is 10.2 Å². The predicted molar refractivity (Wildman–Crippen MR) is 139 cm³/mol. The van der Waals surface area contributed by atoms with E-state index in [1.807, 2.05) is 25.1 Å². The highest BCUT2D eigenvalue weighted by atomic mass is 32.2. The number of hydrogen-bond donors (Lipinski definition) is 1. The number of para-hydroxylation sites is 1. The van der Waals surface area contributed by atoms with E-state index in [0.717, 1.165) is 28.6 Å². The maximum Gasteiger partial charge on any atom is 0.261 e. The molecule has 1 saturated heterocycles. The number of fused-ring (bicyclic) bond motifs is 1. The summed E-state index contributed by atoms with van der Waals surface area (Å²) in [5, 5.41) is 0.628. The summed E-state index contributed by atoms with van der Waals surface area (Å²) in [6.45, 7) is 3.12. The van der Waals surface area contributed by atoms with E-state index in [9.17, 15) is 13.2 Å². The maximum atomic E-state index is 13.6. The average molecular weight is 508 g/mol. The van der Waals surface area contributed by atoms with Crippen LogP contribution in [0.5, 0.6) is 0 Å². The third-order valence-electron chi connectivity index (χ3n) is 5.93. The highest BCUT2D eigenvalue weighted by Gasteiger charge is 2.27. The van der Waals surface area contributed by atoms with Crippen LogP contribution < -0.4 is 9.62 Å². The van der Waals surface area contributed by atoms with Gasteiger partial charge >= 0.3 is 0 Å². The number of anilines is 2. The van der Waals surface area contributed by atoms with Crippen molar-refractivity contribution >= 4 is 48.3 Å². The fourth-order valence-electron chi connectivity index (χ4n) is 4.08. The smallest absolute Gasteiger partial charge is 0.261 e. The normalized spacial score (nSPS) is 15.9. The molecule has 1 amide bonds. The van der Waals surface area contributed by atoms with Crippen molar-refractivity contribution in [3.05, 3.63) is 83.9 Å². The third kappa shape index (κ3) is 5.07. The van der Waals surface area contributed by atoms with E-state index in [2.05, 4.69) is 4.72 Å². The lowest BCUT2D eigenvalue weighted by Gasteiger charge is -2.23. The Bertz CT molecular complexity index is 1450. The molecule has 9 heteroatoms. The standard InChI is InChI=1S/C26H25N3O4S2/c1-18-7-5-11-23-24(18)27-26(34-23)29(17-21-8-6-16-33-21)25(30)19-12-14-20(15-13-19)28-35(31,32)22-9-3-2-4-10-22/h2-5,7,9-15,21,28H,6,8,16-17H2,1H3. The highest BCUT2D eigenvalue weighted by molar-refractivity contribution is 7.92. The van der Waals surface area contributed by atoms with E-state index in [0.29, 0.717) is 29.5 Å². The Hall–Kier alpha value is -3.27. The van der Waals surface area contributed by atoms with E-state index in [-0.39, 0.29) is 16.9 Å². The summed E-state index contributed by atoms with van der Waals surface area (Å²) < 4.78 is 34.6. The molecular weight excluding hydrogens is 482 g/mol. The number of aromatic nitrogens is 1. The molecule has 5 rings (SSSR count). The molecule has 1 fully saturated rings. The summed E-state index contributed by atoms with van der Waals surface area (Å²) in [7, 11) is -3.71. The summed E-state index contributed by atoms with van der Waals surface area (Å²) in [4.78, 5) is 20.2. The van der Waals surface area contributed by atoms with Gasteiger partial charge in [0.1, 0.15) is 0 Å². The first-order valence-electron chi connectivity index (χ1n) is 11.4. The zero-order chi connectivity index (χ0) is 24.4. The molecule has 2 heterocycles. The van der Waals surface area contributed by atoms with Crippen molar-refractivity contribution < 1.29 is 17.9 Å². The van der Waals surface area contributed by atoms with Gasteiger partial charge in [0.05, 0.1) is 27.8 Å². The summed E-state index contributed by atoms with van der Waals surface area (Å²) in [5.41, 5.74) is 2.78. The third-order valence-corrected chi connectivity index (χ3v) is 8.37. The van der Waals surface area contributed by atoms with Gasteiger partial charge in [-0.2, -0.15) is 0 Å². The molecule has 1 atom stereocenters. The van der Waals surface area contributed by atoms with Crippen LogP contribution >= 0.6 is 11.3 Å².